The predicted octanol–water partition coefficient (Wildman–Crippen LogP) is 3.24. The molecule has 1 amide bonds. The van der Waals surface area contributed by atoms with Crippen molar-refractivity contribution in [2.45, 2.75) is 13.0 Å². The molecule has 2 rings (SSSR count). The van der Waals surface area contributed by atoms with Crippen molar-refractivity contribution in [1.29, 1.82) is 0 Å². The Hall–Kier alpha value is -2.25. The van der Waals surface area contributed by atoms with Crippen LogP contribution < -0.4 is 14.4 Å². The lowest BCUT2D eigenvalue weighted by atomic mass is 10.1. The Morgan fingerprint density at radius 3 is 2.31 bits per heavy atom. The molecule has 6 nitrogen and oxygen atoms in total. The monoisotopic (exact) mass is 396 g/mol. The summed E-state index contributed by atoms with van der Waals surface area (Å²) >= 11 is 6.19. The fraction of sp³-hybridized carbons (Fsp3) is 0.278. The maximum atomic E-state index is 12.5. The quantitative estimate of drug-likeness (QED) is 0.813. The van der Waals surface area contributed by atoms with E-state index in [0.717, 1.165) is 21.9 Å². The minimum Gasteiger partial charge on any atom is -0.497 e. The molecule has 0 aromatic heterocycles. The number of benzene rings is 2. The van der Waals surface area contributed by atoms with Crippen molar-refractivity contribution >= 4 is 33.2 Å². The summed E-state index contributed by atoms with van der Waals surface area (Å²) in [5.74, 6) is 0.396. The molecule has 0 bridgehead atoms. The van der Waals surface area contributed by atoms with E-state index in [-0.39, 0.29) is 22.5 Å². The third-order valence-electron chi connectivity index (χ3n) is 4.02. The van der Waals surface area contributed by atoms with Gasteiger partial charge in [-0.3, -0.25) is 9.10 Å². The van der Waals surface area contributed by atoms with Crippen LogP contribution in [0, 0.1) is 0 Å². The number of rotatable bonds is 6. The Bertz CT molecular complexity index is 898. The van der Waals surface area contributed by atoms with E-state index in [2.05, 4.69) is 5.32 Å². The molecule has 1 N–H and O–H groups in total. The first kappa shape index (κ1) is 20.1. The van der Waals surface area contributed by atoms with Crippen LogP contribution >= 0.6 is 11.6 Å². The van der Waals surface area contributed by atoms with E-state index in [0.29, 0.717) is 5.69 Å². The number of nitrogens with zero attached hydrogens (tertiary/aromatic N) is 1. The van der Waals surface area contributed by atoms with Crippen molar-refractivity contribution in [3.05, 3.63) is 58.6 Å². The van der Waals surface area contributed by atoms with Gasteiger partial charge in [-0.2, -0.15) is 0 Å². The van der Waals surface area contributed by atoms with E-state index >= 15 is 0 Å². The van der Waals surface area contributed by atoms with Gasteiger partial charge in [0.15, 0.2) is 0 Å². The number of hydrogen-bond donors (Lipinski definition) is 1. The molecule has 8 heteroatoms. The maximum absolute atomic E-state index is 12.5. The zero-order valence-electron chi connectivity index (χ0n) is 15.0. The number of nitrogens with one attached hydrogen (secondary N) is 1. The average molecular weight is 397 g/mol. The third kappa shape index (κ3) is 4.68. The summed E-state index contributed by atoms with van der Waals surface area (Å²) in [4.78, 5) is 12.5. The van der Waals surface area contributed by atoms with Crippen LogP contribution in [0.5, 0.6) is 5.75 Å². The zero-order valence-corrected chi connectivity index (χ0v) is 16.6. The topological polar surface area (TPSA) is 75.7 Å². The van der Waals surface area contributed by atoms with E-state index in [4.69, 9.17) is 16.3 Å². The molecule has 26 heavy (non-hydrogen) atoms. The summed E-state index contributed by atoms with van der Waals surface area (Å²) in [5.41, 5.74) is 1.58. The second-order valence-corrected chi connectivity index (χ2v) is 8.28. The molecule has 2 aromatic rings. The number of amides is 1. The summed E-state index contributed by atoms with van der Waals surface area (Å²) in [6.45, 7) is 1.86. The number of ether oxygens (including phenoxy) is 1. The highest BCUT2D eigenvalue weighted by atomic mass is 35.5. The van der Waals surface area contributed by atoms with Gasteiger partial charge in [0, 0.05) is 7.05 Å². The second kappa shape index (κ2) is 7.97. The van der Waals surface area contributed by atoms with Gasteiger partial charge in [0.2, 0.25) is 10.0 Å². The minimum absolute atomic E-state index is 0.178. The van der Waals surface area contributed by atoms with Gasteiger partial charge in [-0.25, -0.2) is 8.42 Å². The van der Waals surface area contributed by atoms with Crippen molar-refractivity contribution < 1.29 is 17.9 Å². The second-order valence-electron chi connectivity index (χ2n) is 5.86. The fourth-order valence-electron chi connectivity index (χ4n) is 2.33. The van der Waals surface area contributed by atoms with Crippen LogP contribution in [0.1, 0.15) is 28.9 Å². The molecule has 0 radical (unpaired) electrons. The Labute approximate surface area is 158 Å². The fourth-order valence-corrected chi connectivity index (χ4v) is 3.08. The largest absolute Gasteiger partial charge is 0.497 e. The number of carbonyl (C=O) groups excluding carboxylic acids is 1. The first-order chi connectivity index (χ1) is 12.1. The van der Waals surface area contributed by atoms with Gasteiger partial charge in [0.1, 0.15) is 5.75 Å². The predicted molar refractivity (Wildman–Crippen MR) is 104 cm³/mol. The van der Waals surface area contributed by atoms with Crippen molar-refractivity contribution in [2.75, 3.05) is 24.7 Å². The molecule has 140 valence electrons. The van der Waals surface area contributed by atoms with Crippen LogP contribution in [0.25, 0.3) is 0 Å². The normalized spacial score (nSPS) is 12.3. The number of methoxy groups -OCH3 is 1. The Morgan fingerprint density at radius 2 is 1.81 bits per heavy atom. The van der Waals surface area contributed by atoms with Crippen LogP contribution in [0.2, 0.25) is 5.02 Å². The van der Waals surface area contributed by atoms with Gasteiger partial charge in [-0.15, -0.1) is 0 Å². The average Bonchev–Trinajstić information content (AvgIpc) is 2.60. The zero-order chi connectivity index (χ0) is 19.5. The Balaban J connectivity index is 2.16. The first-order valence-corrected chi connectivity index (χ1v) is 10.0. The van der Waals surface area contributed by atoms with Crippen LogP contribution in [-0.2, 0) is 10.0 Å². The molecule has 0 aliphatic heterocycles. The van der Waals surface area contributed by atoms with Gasteiger partial charge < -0.3 is 10.1 Å². The molecular weight excluding hydrogens is 376 g/mol. The van der Waals surface area contributed by atoms with E-state index in [1.54, 1.807) is 13.2 Å². The van der Waals surface area contributed by atoms with E-state index in [9.17, 15) is 13.2 Å². The van der Waals surface area contributed by atoms with Gasteiger partial charge >= 0.3 is 0 Å². The van der Waals surface area contributed by atoms with Gasteiger partial charge in [-0.1, -0.05) is 23.7 Å². The van der Waals surface area contributed by atoms with Crippen LogP contribution in [0.4, 0.5) is 5.69 Å². The van der Waals surface area contributed by atoms with E-state index < -0.39 is 10.0 Å². The molecule has 0 aliphatic carbocycles. The highest BCUT2D eigenvalue weighted by Gasteiger charge is 2.18. The molecule has 0 aliphatic rings. The summed E-state index contributed by atoms with van der Waals surface area (Å²) in [6.07, 6.45) is 1.10. The SMILES string of the molecule is COc1ccc(C(C)NC(=O)c2ccc(N(C)S(C)(=O)=O)cc2Cl)cc1. The van der Waals surface area contributed by atoms with Gasteiger partial charge in [-0.05, 0) is 42.8 Å². The summed E-state index contributed by atoms with van der Waals surface area (Å²) in [6, 6.07) is 11.7. The molecular formula is C18H21ClN2O4S. The smallest absolute Gasteiger partial charge is 0.253 e. The lowest BCUT2D eigenvalue weighted by Crippen LogP contribution is -2.27. The maximum Gasteiger partial charge on any atom is 0.253 e. The van der Waals surface area contributed by atoms with Crippen molar-refractivity contribution in [1.82, 2.24) is 5.32 Å². The van der Waals surface area contributed by atoms with Crippen LogP contribution in [0.3, 0.4) is 0 Å². The van der Waals surface area contributed by atoms with Gasteiger partial charge in [0.05, 0.1) is 35.7 Å². The molecule has 1 atom stereocenters. The third-order valence-corrected chi connectivity index (χ3v) is 5.54. The summed E-state index contributed by atoms with van der Waals surface area (Å²) in [5, 5.41) is 3.05. The summed E-state index contributed by atoms with van der Waals surface area (Å²) in [7, 11) is -0.389. The lowest BCUT2D eigenvalue weighted by Gasteiger charge is -2.18. The Kier molecular flexibility index (Phi) is 6.15. The highest BCUT2D eigenvalue weighted by molar-refractivity contribution is 7.92. The molecule has 0 saturated carbocycles. The molecule has 1 unspecified atom stereocenters. The highest BCUT2D eigenvalue weighted by Crippen LogP contribution is 2.25. The molecule has 2 aromatic carbocycles. The van der Waals surface area contributed by atoms with E-state index in [1.165, 1.54) is 19.2 Å². The molecule has 0 saturated heterocycles. The van der Waals surface area contributed by atoms with Gasteiger partial charge in [0.25, 0.3) is 5.91 Å². The van der Waals surface area contributed by atoms with E-state index in [1.807, 2.05) is 31.2 Å². The standard InChI is InChI=1S/C18H21ClN2O4S/c1-12(13-5-8-15(25-3)9-6-13)20-18(22)16-10-7-14(11-17(16)19)21(2)26(4,23)24/h5-12H,1-4H3,(H,20,22). The number of sulfonamides is 1. The number of hydrogen-bond acceptors (Lipinski definition) is 4. The van der Waals surface area contributed by atoms with Crippen molar-refractivity contribution in [3.8, 4) is 5.75 Å². The minimum atomic E-state index is -3.40. The number of carbonyl (C=O) groups is 1. The molecule has 0 fully saturated rings. The molecule has 0 heterocycles. The summed E-state index contributed by atoms with van der Waals surface area (Å²) < 4.78 is 29.4. The number of halogens is 1. The van der Waals surface area contributed by atoms with Crippen LogP contribution in [-0.4, -0.2) is 34.7 Å². The molecule has 0 spiro atoms. The van der Waals surface area contributed by atoms with Crippen LogP contribution in [0.15, 0.2) is 42.5 Å². The van der Waals surface area contributed by atoms with Crippen molar-refractivity contribution in [3.63, 3.8) is 0 Å². The Morgan fingerprint density at radius 1 is 1.19 bits per heavy atom. The number of anilines is 1. The first-order valence-electron chi connectivity index (χ1n) is 7.81. The lowest BCUT2D eigenvalue weighted by molar-refractivity contribution is 0.0940. The van der Waals surface area contributed by atoms with Crippen molar-refractivity contribution in [2.24, 2.45) is 0 Å².